The summed E-state index contributed by atoms with van der Waals surface area (Å²) in [4.78, 5) is 18.6. The summed E-state index contributed by atoms with van der Waals surface area (Å²) in [6, 6.07) is 1.69. The Bertz CT molecular complexity index is 654. The standard InChI is InChI=1S/C14H18N4O3S/c1-9-8-22-14(15-9)11-6-18(3-4-20-11)7-13(19)16-12-5-10(2)21-17-12/h5,8,11H,3-4,6-7H2,1-2H3,(H,16,17,19)/t11-/m0/s1. The van der Waals surface area contributed by atoms with Gasteiger partial charge >= 0.3 is 0 Å². The summed E-state index contributed by atoms with van der Waals surface area (Å²) in [6.07, 6.45) is -0.0606. The number of aryl methyl sites for hydroxylation is 2. The molecule has 0 saturated carbocycles. The van der Waals surface area contributed by atoms with Crippen LogP contribution in [0.1, 0.15) is 22.6 Å². The van der Waals surface area contributed by atoms with E-state index >= 15 is 0 Å². The van der Waals surface area contributed by atoms with Crippen LogP contribution in [-0.2, 0) is 9.53 Å². The maximum Gasteiger partial charge on any atom is 0.239 e. The van der Waals surface area contributed by atoms with E-state index in [1.165, 1.54) is 0 Å². The number of hydrogen-bond acceptors (Lipinski definition) is 7. The van der Waals surface area contributed by atoms with E-state index in [4.69, 9.17) is 9.26 Å². The van der Waals surface area contributed by atoms with Crippen LogP contribution in [0.2, 0.25) is 0 Å². The number of amides is 1. The maximum atomic E-state index is 12.0. The minimum atomic E-state index is -0.107. The van der Waals surface area contributed by atoms with E-state index in [1.54, 1.807) is 24.3 Å². The van der Waals surface area contributed by atoms with Gasteiger partial charge in [0.15, 0.2) is 5.82 Å². The number of thiazole rings is 1. The van der Waals surface area contributed by atoms with Crippen LogP contribution in [0.5, 0.6) is 0 Å². The zero-order chi connectivity index (χ0) is 15.5. The van der Waals surface area contributed by atoms with E-state index in [0.717, 1.165) is 17.2 Å². The van der Waals surface area contributed by atoms with E-state index in [9.17, 15) is 4.79 Å². The third-order valence-corrected chi connectivity index (χ3v) is 4.38. The van der Waals surface area contributed by atoms with Gasteiger partial charge in [-0.2, -0.15) is 0 Å². The van der Waals surface area contributed by atoms with Gasteiger partial charge in [0.1, 0.15) is 16.9 Å². The molecule has 0 bridgehead atoms. The highest BCUT2D eigenvalue weighted by molar-refractivity contribution is 7.09. The van der Waals surface area contributed by atoms with Gasteiger partial charge in [-0.3, -0.25) is 9.69 Å². The van der Waals surface area contributed by atoms with Crippen molar-refractivity contribution in [3.63, 3.8) is 0 Å². The highest BCUT2D eigenvalue weighted by atomic mass is 32.1. The Morgan fingerprint density at radius 3 is 3.09 bits per heavy atom. The number of anilines is 1. The summed E-state index contributed by atoms with van der Waals surface area (Å²) >= 11 is 1.60. The number of carbonyl (C=O) groups is 1. The van der Waals surface area contributed by atoms with Crippen LogP contribution in [0.4, 0.5) is 5.82 Å². The lowest BCUT2D eigenvalue weighted by atomic mass is 10.2. The molecule has 1 aliphatic rings. The summed E-state index contributed by atoms with van der Waals surface area (Å²) in [5.74, 6) is 1.01. The predicted octanol–water partition coefficient (Wildman–Crippen LogP) is 1.76. The first-order valence-corrected chi connectivity index (χ1v) is 7.97. The summed E-state index contributed by atoms with van der Waals surface area (Å²) in [7, 11) is 0. The lowest BCUT2D eigenvalue weighted by Crippen LogP contribution is -2.42. The Balaban J connectivity index is 1.54. The molecule has 3 rings (SSSR count). The van der Waals surface area contributed by atoms with Crippen molar-refractivity contribution >= 4 is 23.1 Å². The molecule has 8 heteroatoms. The fraction of sp³-hybridized carbons (Fsp3) is 0.500. The van der Waals surface area contributed by atoms with Crippen LogP contribution in [-0.4, -0.2) is 47.2 Å². The first-order valence-electron chi connectivity index (χ1n) is 7.09. The molecule has 0 aliphatic carbocycles. The Labute approximate surface area is 132 Å². The molecule has 118 valence electrons. The normalized spacial score (nSPS) is 19.3. The molecule has 1 atom stereocenters. The van der Waals surface area contributed by atoms with Crippen molar-refractivity contribution in [1.29, 1.82) is 0 Å². The Morgan fingerprint density at radius 2 is 2.41 bits per heavy atom. The molecule has 22 heavy (non-hydrogen) atoms. The van der Waals surface area contributed by atoms with Gasteiger partial charge in [0.25, 0.3) is 0 Å². The molecular weight excluding hydrogens is 304 g/mol. The van der Waals surface area contributed by atoms with Crippen molar-refractivity contribution in [1.82, 2.24) is 15.0 Å². The van der Waals surface area contributed by atoms with Gasteiger partial charge in [-0.05, 0) is 13.8 Å². The molecule has 0 aromatic carbocycles. The number of nitrogens with one attached hydrogen (secondary N) is 1. The minimum absolute atomic E-state index is 0.0606. The summed E-state index contributed by atoms with van der Waals surface area (Å²) in [6.45, 7) is 6.04. The number of nitrogens with zero attached hydrogens (tertiary/aromatic N) is 3. The fourth-order valence-corrected chi connectivity index (χ4v) is 3.16. The number of ether oxygens (including phenoxy) is 1. The van der Waals surface area contributed by atoms with Crippen LogP contribution in [0, 0.1) is 13.8 Å². The first kappa shape index (κ1) is 15.1. The molecule has 0 radical (unpaired) electrons. The molecule has 7 nitrogen and oxygen atoms in total. The second kappa shape index (κ2) is 6.55. The second-order valence-corrected chi connectivity index (χ2v) is 6.18. The van der Waals surface area contributed by atoms with Gasteiger partial charge in [0.2, 0.25) is 5.91 Å². The van der Waals surface area contributed by atoms with Crippen LogP contribution in [0.25, 0.3) is 0 Å². The number of morpholine rings is 1. The number of rotatable bonds is 4. The highest BCUT2D eigenvalue weighted by Crippen LogP contribution is 2.25. The van der Waals surface area contributed by atoms with E-state index in [-0.39, 0.29) is 12.0 Å². The quantitative estimate of drug-likeness (QED) is 0.924. The highest BCUT2D eigenvalue weighted by Gasteiger charge is 2.25. The molecule has 1 fully saturated rings. The van der Waals surface area contributed by atoms with Crippen LogP contribution in [0.15, 0.2) is 16.0 Å². The van der Waals surface area contributed by atoms with E-state index < -0.39 is 0 Å². The number of hydrogen-bond donors (Lipinski definition) is 1. The van der Waals surface area contributed by atoms with Gasteiger partial charge in [0.05, 0.1) is 13.2 Å². The molecule has 1 N–H and O–H groups in total. The molecule has 2 aromatic rings. The van der Waals surface area contributed by atoms with E-state index in [1.807, 2.05) is 12.3 Å². The molecule has 3 heterocycles. The summed E-state index contributed by atoms with van der Waals surface area (Å²) < 4.78 is 10.7. The lowest BCUT2D eigenvalue weighted by Gasteiger charge is -2.31. The van der Waals surface area contributed by atoms with Crippen LogP contribution >= 0.6 is 11.3 Å². The van der Waals surface area contributed by atoms with Crippen molar-refractivity contribution < 1.29 is 14.1 Å². The van der Waals surface area contributed by atoms with Crippen molar-refractivity contribution in [2.24, 2.45) is 0 Å². The SMILES string of the molecule is Cc1csc([C@@H]2CN(CC(=O)Nc3cc(C)on3)CCO2)n1. The monoisotopic (exact) mass is 322 g/mol. The van der Waals surface area contributed by atoms with Gasteiger partial charge in [-0.25, -0.2) is 4.98 Å². The molecule has 1 aliphatic heterocycles. The third kappa shape index (κ3) is 3.70. The van der Waals surface area contributed by atoms with Gasteiger partial charge in [0, 0.05) is 30.2 Å². The first-order chi connectivity index (χ1) is 10.6. The second-order valence-electron chi connectivity index (χ2n) is 5.29. The zero-order valence-corrected chi connectivity index (χ0v) is 13.4. The van der Waals surface area contributed by atoms with Crippen molar-refractivity contribution in [2.45, 2.75) is 20.0 Å². The minimum Gasteiger partial charge on any atom is -0.368 e. The molecule has 0 unspecified atom stereocenters. The number of aromatic nitrogens is 2. The van der Waals surface area contributed by atoms with Crippen molar-refractivity contribution in [3.8, 4) is 0 Å². The smallest absolute Gasteiger partial charge is 0.239 e. The number of carbonyl (C=O) groups excluding carboxylic acids is 1. The molecule has 2 aromatic heterocycles. The van der Waals surface area contributed by atoms with Crippen LogP contribution < -0.4 is 5.32 Å². The fourth-order valence-electron chi connectivity index (χ4n) is 2.33. The van der Waals surface area contributed by atoms with E-state index in [0.29, 0.717) is 31.3 Å². The topological polar surface area (TPSA) is 80.5 Å². The Kier molecular flexibility index (Phi) is 4.51. The average molecular weight is 322 g/mol. The summed E-state index contributed by atoms with van der Waals surface area (Å²) in [5, 5.41) is 9.46. The Morgan fingerprint density at radius 1 is 1.55 bits per heavy atom. The Hall–Kier alpha value is -1.77. The molecular formula is C14H18N4O3S. The van der Waals surface area contributed by atoms with Gasteiger partial charge in [-0.15, -0.1) is 11.3 Å². The maximum absolute atomic E-state index is 12.0. The van der Waals surface area contributed by atoms with E-state index in [2.05, 4.69) is 20.4 Å². The predicted molar refractivity (Wildman–Crippen MR) is 81.9 cm³/mol. The molecule has 1 amide bonds. The zero-order valence-electron chi connectivity index (χ0n) is 12.5. The third-order valence-electron chi connectivity index (χ3n) is 3.33. The van der Waals surface area contributed by atoms with Gasteiger partial charge < -0.3 is 14.6 Å². The molecule has 0 spiro atoms. The van der Waals surface area contributed by atoms with Crippen molar-refractivity contribution in [2.75, 3.05) is 31.6 Å². The largest absolute Gasteiger partial charge is 0.368 e. The van der Waals surface area contributed by atoms with Crippen molar-refractivity contribution in [3.05, 3.63) is 27.9 Å². The van der Waals surface area contributed by atoms with Gasteiger partial charge in [-0.1, -0.05) is 5.16 Å². The lowest BCUT2D eigenvalue weighted by molar-refractivity contribution is -0.119. The summed E-state index contributed by atoms with van der Waals surface area (Å²) in [5.41, 5.74) is 1.000. The average Bonchev–Trinajstić information content (AvgIpc) is 3.08. The van der Waals surface area contributed by atoms with Crippen LogP contribution in [0.3, 0.4) is 0 Å². The molecule has 1 saturated heterocycles.